The summed E-state index contributed by atoms with van der Waals surface area (Å²) in [6, 6.07) is 0. The second-order valence-electron chi connectivity index (χ2n) is 4.54. The highest BCUT2D eigenvalue weighted by atomic mass is 35.5. The quantitative estimate of drug-likeness (QED) is 0.885. The van der Waals surface area contributed by atoms with Crippen LogP contribution in [0.4, 0.5) is 5.82 Å². The minimum atomic E-state index is -0.223. The fraction of sp³-hybridized carbons (Fsp3) is 0.667. The van der Waals surface area contributed by atoms with Gasteiger partial charge in [-0.1, -0.05) is 18.5 Å². The third kappa shape index (κ3) is 3.31. The van der Waals surface area contributed by atoms with Gasteiger partial charge in [-0.25, -0.2) is 9.97 Å². The topological polar surface area (TPSA) is 52.5 Å². The number of β-amino-alcohol motifs (C(OH)–C–C–N with tert-alkyl or cyclic N) is 1. The lowest BCUT2D eigenvalue weighted by atomic mass is 10.2. The van der Waals surface area contributed by atoms with Gasteiger partial charge in [0.05, 0.1) is 12.3 Å². The van der Waals surface area contributed by atoms with E-state index in [1.807, 2.05) is 6.92 Å². The lowest BCUT2D eigenvalue weighted by Gasteiger charge is -2.36. The minimum absolute atomic E-state index is 0.223. The zero-order valence-corrected chi connectivity index (χ0v) is 11.3. The van der Waals surface area contributed by atoms with Gasteiger partial charge in [-0.2, -0.15) is 0 Å². The van der Waals surface area contributed by atoms with Crippen molar-refractivity contribution in [2.45, 2.75) is 19.4 Å². The Labute approximate surface area is 112 Å². The number of rotatable bonds is 4. The lowest BCUT2D eigenvalue weighted by Crippen LogP contribution is -2.48. The molecular formula is C12H19ClN4O. The van der Waals surface area contributed by atoms with Gasteiger partial charge in [-0.3, -0.25) is 4.90 Å². The Hall–Kier alpha value is -0.910. The highest BCUT2D eigenvalue weighted by Crippen LogP contribution is 2.22. The number of aliphatic hydroxyl groups excluding tert-OH is 1. The van der Waals surface area contributed by atoms with Gasteiger partial charge in [-0.15, -0.1) is 0 Å². The average Bonchev–Trinajstić information content (AvgIpc) is 2.40. The third-order valence-electron chi connectivity index (χ3n) is 3.26. The molecule has 0 amide bonds. The second-order valence-corrected chi connectivity index (χ2v) is 4.95. The van der Waals surface area contributed by atoms with Crippen molar-refractivity contribution < 1.29 is 5.11 Å². The molecule has 100 valence electrons. The van der Waals surface area contributed by atoms with Crippen molar-refractivity contribution >= 4 is 17.4 Å². The van der Waals surface area contributed by atoms with Crippen LogP contribution in [-0.2, 0) is 0 Å². The first-order valence-corrected chi connectivity index (χ1v) is 6.69. The maximum Gasteiger partial charge on any atom is 0.150 e. The molecule has 1 aliphatic heterocycles. The largest absolute Gasteiger partial charge is 0.392 e. The molecule has 1 atom stereocenters. The Bertz CT molecular complexity index is 382. The van der Waals surface area contributed by atoms with E-state index in [1.54, 1.807) is 6.20 Å². The summed E-state index contributed by atoms with van der Waals surface area (Å²) in [6.07, 6.45) is 3.72. The predicted molar refractivity (Wildman–Crippen MR) is 72.0 cm³/mol. The van der Waals surface area contributed by atoms with E-state index in [0.717, 1.165) is 45.0 Å². The van der Waals surface area contributed by atoms with E-state index in [1.165, 1.54) is 6.33 Å². The van der Waals surface area contributed by atoms with Gasteiger partial charge in [0.2, 0.25) is 0 Å². The normalized spacial score (nSPS) is 18.9. The molecule has 0 bridgehead atoms. The summed E-state index contributed by atoms with van der Waals surface area (Å²) >= 11 is 6.08. The van der Waals surface area contributed by atoms with Gasteiger partial charge in [0.15, 0.2) is 5.82 Å². The van der Waals surface area contributed by atoms with Crippen molar-refractivity contribution in [3.8, 4) is 0 Å². The number of aromatic nitrogens is 2. The SMILES string of the molecule is CCC(O)CN1CCN(c2ncncc2Cl)CC1. The highest BCUT2D eigenvalue weighted by molar-refractivity contribution is 6.32. The van der Waals surface area contributed by atoms with Crippen LogP contribution in [0.2, 0.25) is 5.02 Å². The fourth-order valence-corrected chi connectivity index (χ4v) is 2.33. The maximum absolute atomic E-state index is 9.64. The zero-order chi connectivity index (χ0) is 13.0. The van der Waals surface area contributed by atoms with Crippen LogP contribution >= 0.6 is 11.6 Å². The minimum Gasteiger partial charge on any atom is -0.392 e. The van der Waals surface area contributed by atoms with Crippen LogP contribution in [-0.4, -0.2) is 58.8 Å². The van der Waals surface area contributed by atoms with Crippen LogP contribution in [0.15, 0.2) is 12.5 Å². The molecule has 5 nitrogen and oxygen atoms in total. The second kappa shape index (κ2) is 6.31. The van der Waals surface area contributed by atoms with E-state index in [-0.39, 0.29) is 6.10 Å². The number of piperazine rings is 1. The first-order chi connectivity index (χ1) is 8.70. The van der Waals surface area contributed by atoms with Crippen molar-refractivity contribution in [1.29, 1.82) is 0 Å². The predicted octanol–water partition coefficient (Wildman–Crippen LogP) is 1.02. The molecular weight excluding hydrogens is 252 g/mol. The van der Waals surface area contributed by atoms with Gasteiger partial charge in [-0.05, 0) is 6.42 Å². The number of nitrogens with zero attached hydrogens (tertiary/aromatic N) is 4. The van der Waals surface area contributed by atoms with E-state index in [9.17, 15) is 5.11 Å². The summed E-state index contributed by atoms with van der Waals surface area (Å²) in [4.78, 5) is 12.6. The number of hydrogen-bond acceptors (Lipinski definition) is 5. The summed E-state index contributed by atoms with van der Waals surface area (Å²) in [5, 5.41) is 10.2. The Kier molecular flexibility index (Phi) is 4.74. The van der Waals surface area contributed by atoms with Crippen LogP contribution in [0.1, 0.15) is 13.3 Å². The van der Waals surface area contributed by atoms with E-state index in [2.05, 4.69) is 19.8 Å². The number of halogens is 1. The Morgan fingerprint density at radius 2 is 2.11 bits per heavy atom. The zero-order valence-electron chi connectivity index (χ0n) is 10.6. The molecule has 1 N–H and O–H groups in total. The summed E-state index contributed by atoms with van der Waals surface area (Å²) in [7, 11) is 0. The standard InChI is InChI=1S/C12H19ClN4O/c1-2-10(18)8-16-3-5-17(6-4-16)12-11(13)7-14-9-15-12/h7,9-10,18H,2-6,8H2,1H3. The third-order valence-corrected chi connectivity index (χ3v) is 3.53. The van der Waals surface area contributed by atoms with Gasteiger partial charge >= 0.3 is 0 Å². The van der Waals surface area contributed by atoms with Crippen molar-refractivity contribution in [3.05, 3.63) is 17.5 Å². The Morgan fingerprint density at radius 3 is 2.72 bits per heavy atom. The summed E-state index contributed by atoms with van der Waals surface area (Å²) in [5.74, 6) is 0.808. The van der Waals surface area contributed by atoms with Gasteiger partial charge in [0, 0.05) is 32.7 Å². The van der Waals surface area contributed by atoms with E-state index < -0.39 is 0 Å². The van der Waals surface area contributed by atoms with Crippen LogP contribution < -0.4 is 4.90 Å². The van der Waals surface area contributed by atoms with Crippen LogP contribution in [0.25, 0.3) is 0 Å². The molecule has 1 fully saturated rings. The fourth-order valence-electron chi connectivity index (χ4n) is 2.11. The first-order valence-electron chi connectivity index (χ1n) is 6.31. The molecule has 2 heterocycles. The molecule has 2 rings (SSSR count). The highest BCUT2D eigenvalue weighted by Gasteiger charge is 2.20. The average molecular weight is 271 g/mol. The van der Waals surface area contributed by atoms with Crippen LogP contribution in [0.3, 0.4) is 0 Å². The molecule has 1 saturated heterocycles. The van der Waals surface area contributed by atoms with Gasteiger partial charge in [0.1, 0.15) is 11.3 Å². The molecule has 0 aliphatic carbocycles. The molecule has 0 spiro atoms. The number of aliphatic hydroxyl groups is 1. The Morgan fingerprint density at radius 1 is 1.39 bits per heavy atom. The maximum atomic E-state index is 9.64. The molecule has 18 heavy (non-hydrogen) atoms. The summed E-state index contributed by atoms with van der Waals surface area (Å²) in [6.45, 7) is 6.37. The smallest absolute Gasteiger partial charge is 0.150 e. The molecule has 0 saturated carbocycles. The molecule has 1 unspecified atom stereocenters. The van der Waals surface area contributed by atoms with Crippen LogP contribution in [0.5, 0.6) is 0 Å². The summed E-state index contributed by atoms with van der Waals surface area (Å²) in [5.41, 5.74) is 0. The van der Waals surface area contributed by atoms with Crippen molar-refractivity contribution in [1.82, 2.24) is 14.9 Å². The van der Waals surface area contributed by atoms with Crippen molar-refractivity contribution in [3.63, 3.8) is 0 Å². The molecule has 0 aromatic carbocycles. The van der Waals surface area contributed by atoms with Crippen molar-refractivity contribution in [2.24, 2.45) is 0 Å². The van der Waals surface area contributed by atoms with E-state index in [0.29, 0.717) is 5.02 Å². The van der Waals surface area contributed by atoms with Gasteiger partial charge in [0.25, 0.3) is 0 Å². The van der Waals surface area contributed by atoms with Crippen molar-refractivity contribution in [2.75, 3.05) is 37.6 Å². The van der Waals surface area contributed by atoms with Crippen LogP contribution in [0, 0.1) is 0 Å². The van der Waals surface area contributed by atoms with E-state index >= 15 is 0 Å². The van der Waals surface area contributed by atoms with E-state index in [4.69, 9.17) is 11.6 Å². The monoisotopic (exact) mass is 270 g/mol. The number of hydrogen-bond donors (Lipinski definition) is 1. The first kappa shape index (κ1) is 13.5. The molecule has 1 aromatic rings. The molecule has 0 radical (unpaired) electrons. The molecule has 1 aliphatic rings. The summed E-state index contributed by atoms with van der Waals surface area (Å²) < 4.78 is 0. The van der Waals surface area contributed by atoms with Gasteiger partial charge < -0.3 is 10.0 Å². The molecule has 6 heteroatoms. The number of anilines is 1. The Balaban J connectivity index is 1.89. The lowest BCUT2D eigenvalue weighted by molar-refractivity contribution is 0.106. The molecule has 1 aromatic heterocycles.